The molecule has 3 rings (SSSR count). The van der Waals surface area contributed by atoms with E-state index in [1.165, 1.54) is 0 Å². The molecule has 0 bridgehead atoms. The first kappa shape index (κ1) is 20.5. The second-order valence-corrected chi connectivity index (χ2v) is 6.42. The van der Waals surface area contributed by atoms with Gasteiger partial charge >= 0.3 is 5.97 Å². The van der Waals surface area contributed by atoms with Crippen LogP contribution in [0.3, 0.4) is 0 Å². The number of hydrogen-bond donors (Lipinski definition) is 3. The van der Waals surface area contributed by atoms with E-state index in [2.05, 4.69) is 25.9 Å². The molecule has 2 aromatic carbocycles. The number of tetrazole rings is 1. The van der Waals surface area contributed by atoms with Crippen LogP contribution < -0.4 is 5.32 Å². The van der Waals surface area contributed by atoms with E-state index < -0.39 is 12.0 Å². The third-order valence-corrected chi connectivity index (χ3v) is 4.24. The molecule has 0 aliphatic heterocycles. The number of benzene rings is 2. The Morgan fingerprint density at radius 1 is 1.11 bits per heavy atom. The zero-order chi connectivity index (χ0) is 18.5. The number of nitrogens with zero attached hydrogens (tertiary/aromatic N) is 3. The number of carbonyl (C=O) groups is 1. The fourth-order valence-electron chi connectivity index (χ4n) is 2.84. The van der Waals surface area contributed by atoms with Crippen molar-refractivity contribution < 1.29 is 9.90 Å². The van der Waals surface area contributed by atoms with Crippen LogP contribution in [-0.2, 0) is 11.3 Å². The van der Waals surface area contributed by atoms with Crippen molar-refractivity contribution >= 4 is 18.4 Å². The molecule has 0 unspecified atom stereocenters. The van der Waals surface area contributed by atoms with Crippen molar-refractivity contribution in [3.8, 4) is 22.5 Å². The molecule has 0 saturated carbocycles. The Hall–Kier alpha value is -2.77. The molecule has 1 heterocycles. The third-order valence-electron chi connectivity index (χ3n) is 4.24. The van der Waals surface area contributed by atoms with Crippen molar-refractivity contribution in [1.82, 2.24) is 25.9 Å². The maximum Gasteiger partial charge on any atom is 0.320 e. The van der Waals surface area contributed by atoms with Gasteiger partial charge in [0, 0.05) is 12.1 Å². The minimum absolute atomic E-state index is 0. The van der Waals surface area contributed by atoms with Gasteiger partial charge in [0.2, 0.25) is 5.82 Å². The van der Waals surface area contributed by atoms with E-state index in [-0.39, 0.29) is 18.3 Å². The molecule has 7 nitrogen and oxygen atoms in total. The topological polar surface area (TPSA) is 104 Å². The first-order chi connectivity index (χ1) is 12.6. The van der Waals surface area contributed by atoms with Crippen molar-refractivity contribution in [3.63, 3.8) is 0 Å². The molecule has 3 N–H and O–H groups in total. The van der Waals surface area contributed by atoms with Gasteiger partial charge in [-0.15, -0.1) is 22.6 Å². The van der Waals surface area contributed by atoms with Crippen LogP contribution in [0, 0.1) is 5.92 Å². The molecule has 0 amide bonds. The zero-order valence-electron chi connectivity index (χ0n) is 15.1. The Bertz CT molecular complexity index is 866. The van der Waals surface area contributed by atoms with Crippen molar-refractivity contribution in [2.24, 2.45) is 5.92 Å². The number of aliphatic carboxylic acids is 1. The average molecular weight is 388 g/mol. The molecular weight excluding hydrogens is 366 g/mol. The minimum Gasteiger partial charge on any atom is -0.480 e. The smallest absolute Gasteiger partial charge is 0.320 e. The van der Waals surface area contributed by atoms with Gasteiger partial charge in [-0.05, 0) is 27.8 Å². The van der Waals surface area contributed by atoms with Crippen LogP contribution in [0.15, 0.2) is 48.5 Å². The summed E-state index contributed by atoms with van der Waals surface area (Å²) in [6, 6.07) is 15.3. The molecule has 0 fully saturated rings. The lowest BCUT2D eigenvalue weighted by atomic mass is 9.98. The molecule has 3 aromatic rings. The van der Waals surface area contributed by atoms with Crippen LogP contribution in [-0.4, -0.2) is 37.7 Å². The second-order valence-electron chi connectivity index (χ2n) is 6.42. The van der Waals surface area contributed by atoms with E-state index in [9.17, 15) is 9.90 Å². The fourth-order valence-corrected chi connectivity index (χ4v) is 2.84. The number of halogens is 1. The van der Waals surface area contributed by atoms with Gasteiger partial charge < -0.3 is 10.4 Å². The summed E-state index contributed by atoms with van der Waals surface area (Å²) in [5, 5.41) is 26.6. The Balaban J connectivity index is 0.00000261. The van der Waals surface area contributed by atoms with Crippen molar-refractivity contribution in [2.45, 2.75) is 26.4 Å². The highest BCUT2D eigenvalue weighted by molar-refractivity contribution is 5.85. The largest absolute Gasteiger partial charge is 0.480 e. The highest BCUT2D eigenvalue weighted by Crippen LogP contribution is 2.29. The summed E-state index contributed by atoms with van der Waals surface area (Å²) in [4.78, 5) is 11.3. The highest BCUT2D eigenvalue weighted by atomic mass is 35.5. The molecule has 0 saturated heterocycles. The van der Waals surface area contributed by atoms with Gasteiger partial charge in [-0.1, -0.05) is 62.4 Å². The number of nitrogens with one attached hydrogen (secondary N) is 2. The fraction of sp³-hybridized carbons (Fsp3) is 0.263. The summed E-state index contributed by atoms with van der Waals surface area (Å²) in [6.45, 7) is 4.29. The van der Waals surface area contributed by atoms with Gasteiger partial charge in [-0.25, -0.2) is 0 Å². The summed E-state index contributed by atoms with van der Waals surface area (Å²) >= 11 is 0. The SMILES string of the molecule is CC(C)[C@H](NCc1ccc(-c2ccccc2-c2nn[nH]n2)cc1)C(=O)O.Cl. The standard InChI is InChI=1S/C19H21N5O2.ClH/c1-12(2)17(19(25)26)20-11-13-7-9-14(10-8-13)15-5-3-4-6-16(15)18-21-23-24-22-18;/h3-10,12,17,20H,11H2,1-2H3,(H,25,26)(H,21,22,23,24);1H/t17-;/m0./s1. The summed E-state index contributed by atoms with van der Waals surface area (Å²) in [5.74, 6) is -0.258. The number of H-pyrrole nitrogens is 1. The predicted octanol–water partition coefficient (Wildman–Crippen LogP) is 3.15. The normalized spacial score (nSPS) is 11.8. The van der Waals surface area contributed by atoms with Crippen LogP contribution in [0.5, 0.6) is 0 Å². The van der Waals surface area contributed by atoms with Gasteiger partial charge in [-0.3, -0.25) is 4.79 Å². The van der Waals surface area contributed by atoms with E-state index in [0.29, 0.717) is 12.4 Å². The minimum atomic E-state index is -0.828. The Kier molecular flexibility index (Phi) is 7.04. The van der Waals surface area contributed by atoms with Crippen LogP contribution in [0.2, 0.25) is 0 Å². The van der Waals surface area contributed by atoms with E-state index in [4.69, 9.17) is 0 Å². The van der Waals surface area contributed by atoms with Crippen LogP contribution in [0.4, 0.5) is 0 Å². The maximum atomic E-state index is 11.3. The van der Waals surface area contributed by atoms with E-state index >= 15 is 0 Å². The average Bonchev–Trinajstić information content (AvgIpc) is 3.16. The molecule has 8 heteroatoms. The molecule has 0 aliphatic carbocycles. The monoisotopic (exact) mass is 387 g/mol. The van der Waals surface area contributed by atoms with Gasteiger partial charge in [0.25, 0.3) is 0 Å². The lowest BCUT2D eigenvalue weighted by Crippen LogP contribution is -2.40. The number of aromatic amines is 1. The predicted molar refractivity (Wildman–Crippen MR) is 105 cm³/mol. The lowest BCUT2D eigenvalue weighted by Gasteiger charge is -2.18. The summed E-state index contributed by atoms with van der Waals surface area (Å²) in [7, 11) is 0. The number of hydrogen-bond acceptors (Lipinski definition) is 5. The molecule has 0 radical (unpaired) electrons. The molecule has 27 heavy (non-hydrogen) atoms. The van der Waals surface area contributed by atoms with Gasteiger partial charge in [0.15, 0.2) is 0 Å². The van der Waals surface area contributed by atoms with Gasteiger partial charge in [0.1, 0.15) is 6.04 Å². The maximum absolute atomic E-state index is 11.3. The quantitative estimate of drug-likeness (QED) is 0.575. The summed E-state index contributed by atoms with van der Waals surface area (Å²) in [5.41, 5.74) is 3.97. The van der Waals surface area contributed by atoms with Crippen LogP contribution in [0.1, 0.15) is 19.4 Å². The van der Waals surface area contributed by atoms with Crippen LogP contribution >= 0.6 is 12.4 Å². The Labute approximate surface area is 163 Å². The number of carboxylic acid groups (broad SMARTS) is 1. The number of carboxylic acids is 1. The van der Waals surface area contributed by atoms with Crippen molar-refractivity contribution in [1.29, 1.82) is 0 Å². The molecule has 0 spiro atoms. The van der Waals surface area contributed by atoms with Crippen LogP contribution in [0.25, 0.3) is 22.5 Å². The summed E-state index contributed by atoms with van der Waals surface area (Å²) < 4.78 is 0. The first-order valence-corrected chi connectivity index (χ1v) is 8.44. The summed E-state index contributed by atoms with van der Waals surface area (Å²) in [6.07, 6.45) is 0. The second kappa shape index (κ2) is 9.25. The van der Waals surface area contributed by atoms with E-state index in [1.54, 1.807) is 0 Å². The van der Waals surface area contributed by atoms with Gasteiger partial charge in [0.05, 0.1) is 0 Å². The zero-order valence-corrected chi connectivity index (χ0v) is 15.9. The molecule has 1 aromatic heterocycles. The number of rotatable bonds is 7. The highest BCUT2D eigenvalue weighted by Gasteiger charge is 2.20. The van der Waals surface area contributed by atoms with Gasteiger partial charge in [-0.2, -0.15) is 5.21 Å². The molecule has 142 valence electrons. The van der Waals surface area contributed by atoms with Crippen molar-refractivity contribution in [3.05, 3.63) is 54.1 Å². The molecule has 0 aliphatic rings. The third kappa shape index (κ3) is 4.90. The number of aromatic nitrogens is 4. The van der Waals surface area contributed by atoms with E-state index in [1.807, 2.05) is 62.4 Å². The molecular formula is C19H22ClN5O2. The molecule has 1 atom stereocenters. The first-order valence-electron chi connectivity index (χ1n) is 8.44. The van der Waals surface area contributed by atoms with E-state index in [0.717, 1.165) is 22.3 Å². The van der Waals surface area contributed by atoms with Crippen molar-refractivity contribution in [2.75, 3.05) is 0 Å². The Morgan fingerprint density at radius 2 is 1.78 bits per heavy atom. The Morgan fingerprint density at radius 3 is 2.33 bits per heavy atom. The lowest BCUT2D eigenvalue weighted by molar-refractivity contribution is -0.140.